The van der Waals surface area contributed by atoms with Crippen molar-refractivity contribution in [3.8, 4) is 0 Å². The standard InChI is InChI=1S/C11H14O2/c1-3-9(8-12)7-11-6-5-10(4-2)13-11/h5-8H,3-4H2,1-2H3. The van der Waals surface area contributed by atoms with Gasteiger partial charge in [0.1, 0.15) is 17.8 Å². The molecule has 0 saturated heterocycles. The van der Waals surface area contributed by atoms with Crippen LogP contribution in [-0.4, -0.2) is 6.29 Å². The molecule has 0 fully saturated rings. The van der Waals surface area contributed by atoms with Crippen molar-refractivity contribution in [2.75, 3.05) is 0 Å². The molecule has 0 spiro atoms. The second-order valence-electron chi connectivity index (χ2n) is 2.85. The van der Waals surface area contributed by atoms with Crippen LogP contribution in [0, 0.1) is 0 Å². The minimum Gasteiger partial charge on any atom is -0.462 e. The average molecular weight is 178 g/mol. The van der Waals surface area contributed by atoms with Crippen LogP contribution in [0.1, 0.15) is 31.8 Å². The molecule has 0 aliphatic carbocycles. The molecule has 1 heterocycles. The van der Waals surface area contributed by atoms with Gasteiger partial charge in [0.05, 0.1) is 0 Å². The van der Waals surface area contributed by atoms with E-state index in [9.17, 15) is 4.79 Å². The summed E-state index contributed by atoms with van der Waals surface area (Å²) in [6.07, 6.45) is 4.28. The van der Waals surface area contributed by atoms with Gasteiger partial charge in [-0.05, 0) is 30.2 Å². The molecule has 70 valence electrons. The van der Waals surface area contributed by atoms with Gasteiger partial charge in [0.25, 0.3) is 0 Å². The van der Waals surface area contributed by atoms with Gasteiger partial charge >= 0.3 is 0 Å². The van der Waals surface area contributed by atoms with Crippen LogP contribution in [0.4, 0.5) is 0 Å². The van der Waals surface area contributed by atoms with Crippen LogP contribution in [0.2, 0.25) is 0 Å². The predicted molar refractivity (Wildman–Crippen MR) is 52.4 cm³/mol. The van der Waals surface area contributed by atoms with Gasteiger partial charge in [0.2, 0.25) is 0 Å². The first-order chi connectivity index (χ1) is 6.30. The second-order valence-corrected chi connectivity index (χ2v) is 2.85. The molecule has 0 saturated carbocycles. The second kappa shape index (κ2) is 4.65. The van der Waals surface area contributed by atoms with Gasteiger partial charge < -0.3 is 4.42 Å². The Bertz CT molecular complexity index is 308. The highest BCUT2D eigenvalue weighted by atomic mass is 16.3. The third-order valence-corrected chi connectivity index (χ3v) is 1.92. The van der Waals surface area contributed by atoms with Gasteiger partial charge in [0, 0.05) is 6.42 Å². The van der Waals surface area contributed by atoms with E-state index < -0.39 is 0 Å². The van der Waals surface area contributed by atoms with Crippen molar-refractivity contribution in [3.63, 3.8) is 0 Å². The maximum atomic E-state index is 10.5. The van der Waals surface area contributed by atoms with E-state index >= 15 is 0 Å². The van der Waals surface area contributed by atoms with Crippen LogP contribution in [0.5, 0.6) is 0 Å². The first kappa shape index (κ1) is 9.78. The summed E-state index contributed by atoms with van der Waals surface area (Å²) in [4.78, 5) is 10.5. The fraction of sp³-hybridized carbons (Fsp3) is 0.364. The van der Waals surface area contributed by atoms with Crippen molar-refractivity contribution in [2.45, 2.75) is 26.7 Å². The molecule has 0 atom stereocenters. The number of furan rings is 1. The summed E-state index contributed by atoms with van der Waals surface area (Å²) in [5.41, 5.74) is 0.761. The Morgan fingerprint density at radius 1 is 1.46 bits per heavy atom. The van der Waals surface area contributed by atoms with Crippen molar-refractivity contribution < 1.29 is 9.21 Å². The van der Waals surface area contributed by atoms with Crippen molar-refractivity contribution in [1.82, 2.24) is 0 Å². The Labute approximate surface area is 78.3 Å². The highest BCUT2D eigenvalue weighted by Crippen LogP contribution is 2.12. The molecular weight excluding hydrogens is 164 g/mol. The zero-order chi connectivity index (χ0) is 9.68. The Hall–Kier alpha value is -1.31. The smallest absolute Gasteiger partial charge is 0.146 e. The first-order valence-electron chi connectivity index (χ1n) is 4.54. The number of rotatable bonds is 4. The van der Waals surface area contributed by atoms with Crippen molar-refractivity contribution in [3.05, 3.63) is 29.2 Å². The van der Waals surface area contributed by atoms with Gasteiger partial charge in [-0.1, -0.05) is 13.8 Å². The van der Waals surface area contributed by atoms with Gasteiger partial charge in [-0.15, -0.1) is 0 Å². The highest BCUT2D eigenvalue weighted by molar-refractivity contribution is 5.80. The molecule has 1 aromatic heterocycles. The number of aldehydes is 1. The summed E-state index contributed by atoms with van der Waals surface area (Å²) in [7, 11) is 0. The topological polar surface area (TPSA) is 30.2 Å². The van der Waals surface area contributed by atoms with Crippen LogP contribution in [0.25, 0.3) is 6.08 Å². The Morgan fingerprint density at radius 3 is 2.69 bits per heavy atom. The van der Waals surface area contributed by atoms with E-state index in [2.05, 4.69) is 0 Å². The Morgan fingerprint density at radius 2 is 2.23 bits per heavy atom. The summed E-state index contributed by atoms with van der Waals surface area (Å²) >= 11 is 0. The number of allylic oxidation sites excluding steroid dienone is 1. The molecule has 13 heavy (non-hydrogen) atoms. The van der Waals surface area contributed by atoms with Crippen LogP contribution in [-0.2, 0) is 11.2 Å². The summed E-state index contributed by atoms with van der Waals surface area (Å²) in [5, 5.41) is 0. The van der Waals surface area contributed by atoms with Crippen molar-refractivity contribution >= 4 is 12.4 Å². The number of aryl methyl sites for hydroxylation is 1. The molecule has 0 aliphatic rings. The lowest BCUT2D eigenvalue weighted by Crippen LogP contribution is -1.80. The summed E-state index contributed by atoms with van der Waals surface area (Å²) < 4.78 is 5.43. The minimum atomic E-state index is 0.742. The third-order valence-electron chi connectivity index (χ3n) is 1.92. The minimum absolute atomic E-state index is 0.742. The molecular formula is C11H14O2. The zero-order valence-electron chi connectivity index (χ0n) is 8.04. The molecule has 2 heteroatoms. The number of carbonyl (C=O) groups is 1. The molecule has 0 amide bonds. The van der Waals surface area contributed by atoms with Crippen molar-refractivity contribution in [1.29, 1.82) is 0 Å². The van der Waals surface area contributed by atoms with Crippen LogP contribution < -0.4 is 0 Å². The number of hydrogen-bond acceptors (Lipinski definition) is 2. The SMILES string of the molecule is CCC(C=O)=Cc1ccc(CC)o1. The quantitative estimate of drug-likeness (QED) is 0.524. The van der Waals surface area contributed by atoms with Gasteiger partial charge in [-0.2, -0.15) is 0 Å². The van der Waals surface area contributed by atoms with E-state index in [0.717, 1.165) is 36.2 Å². The summed E-state index contributed by atoms with van der Waals surface area (Å²) in [6.45, 7) is 3.98. The third kappa shape index (κ3) is 2.58. The largest absolute Gasteiger partial charge is 0.462 e. The van der Waals surface area contributed by atoms with Crippen molar-refractivity contribution in [2.24, 2.45) is 0 Å². The summed E-state index contributed by atoms with van der Waals surface area (Å²) in [6, 6.07) is 3.82. The number of hydrogen-bond donors (Lipinski definition) is 0. The molecule has 0 aliphatic heterocycles. The maximum Gasteiger partial charge on any atom is 0.146 e. The summed E-state index contributed by atoms with van der Waals surface area (Å²) in [5.74, 6) is 1.72. The highest BCUT2D eigenvalue weighted by Gasteiger charge is 1.98. The van der Waals surface area contributed by atoms with E-state index in [0.29, 0.717) is 0 Å². The van der Waals surface area contributed by atoms with Crippen LogP contribution in [0.15, 0.2) is 22.1 Å². The Kier molecular flexibility index (Phi) is 3.50. The van der Waals surface area contributed by atoms with Gasteiger partial charge in [-0.3, -0.25) is 4.79 Å². The fourth-order valence-electron chi connectivity index (χ4n) is 1.06. The molecule has 1 rings (SSSR count). The van der Waals surface area contributed by atoms with E-state index in [1.54, 1.807) is 6.08 Å². The lowest BCUT2D eigenvalue weighted by Gasteiger charge is -1.91. The first-order valence-corrected chi connectivity index (χ1v) is 4.54. The molecule has 0 bridgehead atoms. The van der Waals surface area contributed by atoms with Gasteiger partial charge in [-0.25, -0.2) is 0 Å². The zero-order valence-corrected chi connectivity index (χ0v) is 8.04. The fourth-order valence-corrected chi connectivity index (χ4v) is 1.06. The van der Waals surface area contributed by atoms with Crippen LogP contribution >= 0.6 is 0 Å². The van der Waals surface area contributed by atoms with Gasteiger partial charge in [0.15, 0.2) is 0 Å². The monoisotopic (exact) mass is 178 g/mol. The number of carbonyl (C=O) groups excluding carboxylic acids is 1. The van der Waals surface area contributed by atoms with Crippen LogP contribution in [0.3, 0.4) is 0 Å². The van der Waals surface area contributed by atoms with E-state index in [4.69, 9.17) is 4.42 Å². The Balaban J connectivity index is 2.83. The molecule has 0 N–H and O–H groups in total. The lowest BCUT2D eigenvalue weighted by molar-refractivity contribution is -0.104. The molecule has 0 radical (unpaired) electrons. The molecule has 1 aromatic rings. The molecule has 0 aromatic carbocycles. The maximum absolute atomic E-state index is 10.5. The molecule has 0 unspecified atom stereocenters. The molecule has 2 nitrogen and oxygen atoms in total. The van der Waals surface area contributed by atoms with E-state index in [1.807, 2.05) is 26.0 Å². The lowest BCUT2D eigenvalue weighted by atomic mass is 10.2. The normalized spacial score (nSPS) is 11.7. The van der Waals surface area contributed by atoms with E-state index in [-0.39, 0.29) is 0 Å². The average Bonchev–Trinajstić information content (AvgIpc) is 2.61. The van der Waals surface area contributed by atoms with E-state index in [1.165, 1.54) is 0 Å². The predicted octanol–water partition coefficient (Wildman–Crippen LogP) is 2.83.